The van der Waals surface area contributed by atoms with Gasteiger partial charge in [0.25, 0.3) is 0 Å². The number of nitrogens with zero attached hydrogens (tertiary/aromatic N) is 3. The third-order valence-corrected chi connectivity index (χ3v) is 4.68. The molecule has 1 aliphatic heterocycles. The van der Waals surface area contributed by atoms with Crippen LogP contribution < -0.4 is 14.2 Å². The first kappa shape index (κ1) is 18.5. The summed E-state index contributed by atoms with van der Waals surface area (Å²) in [7, 11) is 4.90. The van der Waals surface area contributed by atoms with E-state index in [4.69, 9.17) is 19.2 Å². The van der Waals surface area contributed by atoms with Crippen molar-refractivity contribution in [2.24, 2.45) is 0 Å². The van der Waals surface area contributed by atoms with Gasteiger partial charge in [-0.15, -0.1) is 0 Å². The van der Waals surface area contributed by atoms with Crippen LogP contribution in [0.2, 0.25) is 0 Å². The largest absolute Gasteiger partial charge is 0.493 e. The number of hydrogen-bond donors (Lipinski definition) is 0. The van der Waals surface area contributed by atoms with Gasteiger partial charge in [-0.3, -0.25) is 4.90 Å². The van der Waals surface area contributed by atoms with E-state index in [1.54, 1.807) is 21.3 Å². The normalized spacial score (nSPS) is 14.2. The molecule has 6 heteroatoms. The molecule has 0 amide bonds. The maximum atomic E-state index is 5.46. The summed E-state index contributed by atoms with van der Waals surface area (Å²) in [5, 5.41) is 0. The predicted molar refractivity (Wildman–Crippen MR) is 100 cm³/mol. The maximum Gasteiger partial charge on any atom is 0.203 e. The molecule has 2 aromatic rings. The minimum atomic E-state index is 0.359. The van der Waals surface area contributed by atoms with Gasteiger partial charge in [0.15, 0.2) is 11.5 Å². The fourth-order valence-corrected chi connectivity index (χ4v) is 3.29. The summed E-state index contributed by atoms with van der Waals surface area (Å²) in [6.45, 7) is 6.88. The number of fused-ring (bicyclic) bond motifs is 1. The van der Waals surface area contributed by atoms with Gasteiger partial charge in [0.1, 0.15) is 5.82 Å². The summed E-state index contributed by atoms with van der Waals surface area (Å²) in [5.74, 6) is 3.28. The summed E-state index contributed by atoms with van der Waals surface area (Å²) in [6.07, 6.45) is 2.93. The number of rotatable bonds is 6. The van der Waals surface area contributed by atoms with Crippen LogP contribution in [0.15, 0.2) is 18.3 Å². The summed E-state index contributed by atoms with van der Waals surface area (Å²) in [6, 6.07) is 4.02. The Balaban J connectivity index is 1.78. The van der Waals surface area contributed by atoms with Crippen LogP contribution in [-0.4, -0.2) is 42.7 Å². The third kappa shape index (κ3) is 3.75. The Kier molecular flexibility index (Phi) is 5.61. The molecule has 0 N–H and O–H groups in total. The molecule has 0 saturated carbocycles. The minimum absolute atomic E-state index is 0.359. The van der Waals surface area contributed by atoms with Crippen LogP contribution in [0, 0.1) is 0 Å². The highest BCUT2D eigenvalue weighted by atomic mass is 16.5. The number of benzene rings is 1. The Morgan fingerprint density at radius 1 is 1.08 bits per heavy atom. The lowest BCUT2D eigenvalue weighted by molar-refractivity contribution is 0.241. The first-order valence-electron chi connectivity index (χ1n) is 8.91. The quantitative estimate of drug-likeness (QED) is 0.791. The molecule has 0 bridgehead atoms. The van der Waals surface area contributed by atoms with E-state index in [0.717, 1.165) is 37.4 Å². The van der Waals surface area contributed by atoms with Crippen molar-refractivity contribution < 1.29 is 14.2 Å². The maximum absolute atomic E-state index is 5.46. The lowest BCUT2D eigenvalue weighted by Gasteiger charge is -2.28. The molecule has 3 rings (SSSR count). The fourth-order valence-electron chi connectivity index (χ4n) is 3.29. The Hall–Kier alpha value is -2.34. The first-order valence-corrected chi connectivity index (χ1v) is 8.91. The van der Waals surface area contributed by atoms with Gasteiger partial charge in [0.2, 0.25) is 5.75 Å². The fraction of sp³-hybridized carbons (Fsp3) is 0.500. The van der Waals surface area contributed by atoms with E-state index < -0.39 is 0 Å². The van der Waals surface area contributed by atoms with Crippen LogP contribution in [0.5, 0.6) is 17.2 Å². The SMILES string of the molecule is COc1cc(CN2CCc3nc(C(C)C)ncc3C2)cc(OC)c1OC. The lowest BCUT2D eigenvalue weighted by atomic mass is 10.0. The molecule has 6 nitrogen and oxygen atoms in total. The van der Waals surface area contributed by atoms with Crippen LogP contribution in [0.4, 0.5) is 0 Å². The summed E-state index contributed by atoms with van der Waals surface area (Å²) in [5.41, 5.74) is 3.53. The van der Waals surface area contributed by atoms with Crippen LogP contribution in [0.25, 0.3) is 0 Å². The standard InChI is InChI=1S/C20H27N3O3/c1-13(2)20-21-10-15-12-23(7-6-16(15)22-20)11-14-8-17(24-3)19(26-5)18(9-14)25-4/h8-10,13H,6-7,11-12H2,1-5H3. The molecule has 1 aromatic carbocycles. The molecule has 140 valence electrons. The zero-order chi connectivity index (χ0) is 18.7. The molecule has 0 saturated heterocycles. The van der Waals surface area contributed by atoms with E-state index in [0.29, 0.717) is 23.2 Å². The van der Waals surface area contributed by atoms with Crippen molar-refractivity contribution in [3.05, 3.63) is 41.0 Å². The predicted octanol–water partition coefficient (Wildman–Crippen LogP) is 3.18. The minimum Gasteiger partial charge on any atom is -0.493 e. The molecule has 0 spiro atoms. The molecule has 0 unspecified atom stereocenters. The number of aromatic nitrogens is 2. The average Bonchev–Trinajstić information content (AvgIpc) is 2.66. The Labute approximate surface area is 155 Å². The third-order valence-electron chi connectivity index (χ3n) is 4.68. The van der Waals surface area contributed by atoms with E-state index in [-0.39, 0.29) is 0 Å². The summed E-state index contributed by atoms with van der Waals surface area (Å²) >= 11 is 0. The van der Waals surface area contributed by atoms with E-state index in [2.05, 4.69) is 23.7 Å². The topological polar surface area (TPSA) is 56.7 Å². The highest BCUT2D eigenvalue weighted by Crippen LogP contribution is 2.38. The van der Waals surface area contributed by atoms with Crippen molar-refractivity contribution in [2.75, 3.05) is 27.9 Å². The lowest BCUT2D eigenvalue weighted by Crippen LogP contribution is -2.31. The van der Waals surface area contributed by atoms with Gasteiger partial charge < -0.3 is 14.2 Å². The van der Waals surface area contributed by atoms with Crippen molar-refractivity contribution in [3.8, 4) is 17.2 Å². The molecule has 0 aliphatic carbocycles. The second kappa shape index (κ2) is 7.91. The van der Waals surface area contributed by atoms with Crippen molar-refractivity contribution in [1.82, 2.24) is 14.9 Å². The molecule has 2 heterocycles. The number of hydrogen-bond acceptors (Lipinski definition) is 6. The highest BCUT2D eigenvalue weighted by molar-refractivity contribution is 5.53. The van der Waals surface area contributed by atoms with Gasteiger partial charge >= 0.3 is 0 Å². The molecule has 1 aliphatic rings. The van der Waals surface area contributed by atoms with E-state index in [1.807, 2.05) is 18.3 Å². The Bertz CT molecular complexity index is 752. The number of ether oxygens (including phenoxy) is 3. The molecule has 26 heavy (non-hydrogen) atoms. The monoisotopic (exact) mass is 357 g/mol. The molecular weight excluding hydrogens is 330 g/mol. The second-order valence-corrected chi connectivity index (χ2v) is 6.85. The zero-order valence-corrected chi connectivity index (χ0v) is 16.2. The molecule has 0 radical (unpaired) electrons. The van der Waals surface area contributed by atoms with Crippen molar-refractivity contribution in [2.45, 2.75) is 39.3 Å². The van der Waals surface area contributed by atoms with Gasteiger partial charge in [-0.05, 0) is 17.7 Å². The smallest absolute Gasteiger partial charge is 0.203 e. The van der Waals surface area contributed by atoms with Crippen molar-refractivity contribution >= 4 is 0 Å². The van der Waals surface area contributed by atoms with Crippen molar-refractivity contribution in [1.29, 1.82) is 0 Å². The molecule has 0 atom stereocenters. The molecular formula is C20H27N3O3. The van der Waals surface area contributed by atoms with Crippen molar-refractivity contribution in [3.63, 3.8) is 0 Å². The van der Waals surface area contributed by atoms with Gasteiger partial charge in [-0.25, -0.2) is 9.97 Å². The van der Waals surface area contributed by atoms with Gasteiger partial charge in [0.05, 0.1) is 21.3 Å². The summed E-state index contributed by atoms with van der Waals surface area (Å²) in [4.78, 5) is 11.6. The first-order chi connectivity index (χ1) is 12.5. The number of methoxy groups -OCH3 is 3. The van der Waals surface area contributed by atoms with Crippen LogP contribution in [0.1, 0.15) is 42.4 Å². The van der Waals surface area contributed by atoms with E-state index >= 15 is 0 Å². The molecule has 1 aromatic heterocycles. The Morgan fingerprint density at radius 3 is 2.35 bits per heavy atom. The second-order valence-electron chi connectivity index (χ2n) is 6.85. The van der Waals surface area contributed by atoms with E-state index in [1.165, 1.54) is 11.3 Å². The van der Waals surface area contributed by atoms with Crippen LogP contribution >= 0.6 is 0 Å². The Morgan fingerprint density at radius 2 is 1.77 bits per heavy atom. The zero-order valence-electron chi connectivity index (χ0n) is 16.2. The molecule has 0 fully saturated rings. The van der Waals surface area contributed by atoms with Gasteiger partial charge in [-0.1, -0.05) is 13.8 Å². The van der Waals surface area contributed by atoms with Crippen LogP contribution in [-0.2, 0) is 19.5 Å². The highest BCUT2D eigenvalue weighted by Gasteiger charge is 2.21. The van der Waals surface area contributed by atoms with E-state index in [9.17, 15) is 0 Å². The van der Waals surface area contributed by atoms with Gasteiger partial charge in [0, 0.05) is 49.4 Å². The summed E-state index contributed by atoms with van der Waals surface area (Å²) < 4.78 is 16.3. The van der Waals surface area contributed by atoms with Crippen LogP contribution in [0.3, 0.4) is 0 Å². The average molecular weight is 357 g/mol. The van der Waals surface area contributed by atoms with Gasteiger partial charge in [-0.2, -0.15) is 0 Å².